The summed E-state index contributed by atoms with van der Waals surface area (Å²) >= 11 is 0. The number of aryl methyl sites for hydroxylation is 1. The van der Waals surface area contributed by atoms with E-state index in [0.29, 0.717) is 17.5 Å². The number of benzene rings is 2. The third kappa shape index (κ3) is 2.91. The van der Waals surface area contributed by atoms with Gasteiger partial charge in [-0.3, -0.25) is 0 Å². The van der Waals surface area contributed by atoms with Gasteiger partial charge in [0.25, 0.3) is 0 Å². The number of ether oxygens (including phenoxy) is 2. The Balaban J connectivity index is 1.53. The minimum absolute atomic E-state index is 0.248. The Hall–Kier alpha value is -3.35. The molecule has 1 aromatic heterocycles. The number of hydrogen-bond acceptors (Lipinski definition) is 7. The number of fused-ring (bicyclic) bond motifs is 1. The van der Waals surface area contributed by atoms with E-state index in [9.17, 15) is 0 Å². The average Bonchev–Trinajstić information content (AvgIpc) is 3.05. The molecule has 4 rings (SSSR count). The Kier molecular flexibility index (Phi) is 3.59. The molecule has 7 nitrogen and oxygen atoms in total. The van der Waals surface area contributed by atoms with Crippen molar-refractivity contribution in [1.82, 2.24) is 15.2 Å². The van der Waals surface area contributed by atoms with Gasteiger partial charge in [0.2, 0.25) is 12.7 Å². The number of para-hydroxylation sites is 1. The van der Waals surface area contributed by atoms with Crippen LogP contribution in [0.15, 0.2) is 48.7 Å². The molecule has 3 aromatic rings. The normalized spacial score (nSPS) is 12.0. The first kappa shape index (κ1) is 14.3. The minimum Gasteiger partial charge on any atom is -0.454 e. The number of nitrogens with zero attached hydrogens (tertiary/aromatic N) is 3. The summed E-state index contributed by atoms with van der Waals surface area (Å²) in [4.78, 5) is 4.43. The van der Waals surface area contributed by atoms with Crippen molar-refractivity contribution in [2.75, 3.05) is 17.4 Å². The maximum absolute atomic E-state index is 5.37. The minimum atomic E-state index is 0.248. The van der Waals surface area contributed by atoms with E-state index < -0.39 is 0 Å². The molecule has 7 heteroatoms. The fourth-order valence-corrected chi connectivity index (χ4v) is 2.37. The van der Waals surface area contributed by atoms with E-state index in [0.717, 1.165) is 22.7 Å². The second-order valence-corrected chi connectivity index (χ2v) is 5.30. The molecular formula is C17H15N5O2. The summed E-state index contributed by atoms with van der Waals surface area (Å²) in [7, 11) is 0. The van der Waals surface area contributed by atoms with Crippen LogP contribution < -0.4 is 20.1 Å². The summed E-state index contributed by atoms with van der Waals surface area (Å²) < 4.78 is 10.7. The summed E-state index contributed by atoms with van der Waals surface area (Å²) in [5.41, 5.74) is 2.89. The van der Waals surface area contributed by atoms with Crippen LogP contribution in [0.4, 0.5) is 23.1 Å². The largest absolute Gasteiger partial charge is 0.454 e. The van der Waals surface area contributed by atoms with Crippen LogP contribution in [-0.2, 0) is 0 Å². The van der Waals surface area contributed by atoms with Crippen molar-refractivity contribution < 1.29 is 9.47 Å². The summed E-state index contributed by atoms with van der Waals surface area (Å²) in [5.74, 6) is 2.46. The van der Waals surface area contributed by atoms with Crippen molar-refractivity contribution in [1.29, 1.82) is 0 Å². The zero-order chi connectivity index (χ0) is 16.4. The molecule has 24 heavy (non-hydrogen) atoms. The molecule has 0 aliphatic carbocycles. The molecule has 1 aliphatic heterocycles. The highest BCUT2D eigenvalue weighted by Gasteiger charge is 2.13. The van der Waals surface area contributed by atoms with E-state index in [1.54, 1.807) is 6.20 Å². The molecule has 0 saturated heterocycles. The molecule has 0 atom stereocenters. The molecule has 0 fully saturated rings. The highest BCUT2D eigenvalue weighted by atomic mass is 16.7. The fraction of sp³-hybridized carbons (Fsp3) is 0.118. The number of nitrogens with one attached hydrogen (secondary N) is 2. The van der Waals surface area contributed by atoms with E-state index >= 15 is 0 Å². The first-order valence-electron chi connectivity index (χ1n) is 7.47. The van der Waals surface area contributed by atoms with Crippen LogP contribution in [0.1, 0.15) is 5.56 Å². The molecular weight excluding hydrogens is 306 g/mol. The van der Waals surface area contributed by atoms with Gasteiger partial charge in [-0.15, -0.1) is 5.10 Å². The predicted octanol–water partition coefficient (Wildman–Crippen LogP) is 3.40. The quantitative estimate of drug-likeness (QED) is 0.762. The predicted molar refractivity (Wildman–Crippen MR) is 90.1 cm³/mol. The van der Waals surface area contributed by atoms with Crippen LogP contribution >= 0.6 is 0 Å². The van der Waals surface area contributed by atoms with Crippen molar-refractivity contribution >= 4 is 23.1 Å². The van der Waals surface area contributed by atoms with Gasteiger partial charge in [-0.2, -0.15) is 10.1 Å². The first-order chi connectivity index (χ1) is 11.8. The average molecular weight is 321 g/mol. The van der Waals surface area contributed by atoms with Crippen LogP contribution in [0.3, 0.4) is 0 Å². The maximum atomic E-state index is 5.37. The first-order valence-corrected chi connectivity index (χ1v) is 7.47. The summed E-state index contributed by atoms with van der Waals surface area (Å²) in [5, 5.41) is 14.4. The second kappa shape index (κ2) is 6.04. The van der Waals surface area contributed by atoms with E-state index in [1.165, 1.54) is 0 Å². The Morgan fingerprint density at radius 1 is 1.00 bits per heavy atom. The van der Waals surface area contributed by atoms with E-state index in [4.69, 9.17) is 9.47 Å². The van der Waals surface area contributed by atoms with Crippen LogP contribution in [0, 0.1) is 6.92 Å². The molecule has 0 spiro atoms. The molecule has 2 heterocycles. The van der Waals surface area contributed by atoms with E-state index in [1.807, 2.05) is 49.4 Å². The van der Waals surface area contributed by atoms with Gasteiger partial charge in [0, 0.05) is 17.4 Å². The van der Waals surface area contributed by atoms with Gasteiger partial charge in [0.05, 0.1) is 6.20 Å². The summed E-state index contributed by atoms with van der Waals surface area (Å²) in [6.07, 6.45) is 1.56. The monoisotopic (exact) mass is 321 g/mol. The van der Waals surface area contributed by atoms with Crippen LogP contribution in [0.5, 0.6) is 11.5 Å². The van der Waals surface area contributed by atoms with Gasteiger partial charge in [-0.1, -0.05) is 18.2 Å². The molecule has 2 aromatic carbocycles. The lowest BCUT2D eigenvalue weighted by atomic mass is 10.2. The van der Waals surface area contributed by atoms with Crippen molar-refractivity contribution in [3.8, 4) is 11.5 Å². The van der Waals surface area contributed by atoms with Crippen molar-refractivity contribution in [2.24, 2.45) is 0 Å². The second-order valence-electron chi connectivity index (χ2n) is 5.30. The molecule has 0 bridgehead atoms. The third-order valence-corrected chi connectivity index (χ3v) is 3.60. The molecule has 0 saturated carbocycles. The highest BCUT2D eigenvalue weighted by Crippen LogP contribution is 2.34. The van der Waals surface area contributed by atoms with E-state index in [2.05, 4.69) is 25.8 Å². The van der Waals surface area contributed by atoms with Crippen LogP contribution in [0.25, 0.3) is 0 Å². The number of aromatic nitrogens is 3. The third-order valence-electron chi connectivity index (χ3n) is 3.60. The van der Waals surface area contributed by atoms with E-state index in [-0.39, 0.29) is 6.79 Å². The Morgan fingerprint density at radius 2 is 1.88 bits per heavy atom. The fourth-order valence-electron chi connectivity index (χ4n) is 2.37. The molecule has 2 N–H and O–H groups in total. The zero-order valence-corrected chi connectivity index (χ0v) is 13.0. The van der Waals surface area contributed by atoms with Gasteiger partial charge in [0.1, 0.15) is 0 Å². The smallest absolute Gasteiger partial charge is 0.249 e. The molecule has 120 valence electrons. The SMILES string of the molecule is Cc1ccccc1Nc1nncc(Nc2ccc3c(c2)OCO3)n1. The number of hydrogen-bond donors (Lipinski definition) is 2. The topological polar surface area (TPSA) is 81.2 Å². The molecule has 0 unspecified atom stereocenters. The molecule has 1 aliphatic rings. The summed E-state index contributed by atoms with van der Waals surface area (Å²) in [6.45, 7) is 2.27. The molecule has 0 radical (unpaired) electrons. The van der Waals surface area contributed by atoms with Crippen molar-refractivity contribution in [3.63, 3.8) is 0 Å². The van der Waals surface area contributed by atoms with Gasteiger partial charge in [0.15, 0.2) is 17.3 Å². The molecule has 0 amide bonds. The van der Waals surface area contributed by atoms with Crippen molar-refractivity contribution in [3.05, 3.63) is 54.2 Å². The zero-order valence-electron chi connectivity index (χ0n) is 13.0. The highest BCUT2D eigenvalue weighted by molar-refractivity contribution is 5.63. The van der Waals surface area contributed by atoms with Gasteiger partial charge in [-0.25, -0.2) is 0 Å². The lowest BCUT2D eigenvalue weighted by molar-refractivity contribution is 0.174. The lowest BCUT2D eigenvalue weighted by Gasteiger charge is -2.09. The number of anilines is 4. The van der Waals surface area contributed by atoms with Crippen LogP contribution in [0.2, 0.25) is 0 Å². The lowest BCUT2D eigenvalue weighted by Crippen LogP contribution is -2.03. The van der Waals surface area contributed by atoms with Gasteiger partial charge in [-0.05, 0) is 30.7 Å². The maximum Gasteiger partial charge on any atom is 0.249 e. The summed E-state index contributed by atoms with van der Waals surface area (Å²) in [6, 6.07) is 13.5. The Bertz CT molecular complexity index is 884. The van der Waals surface area contributed by atoms with Crippen LogP contribution in [-0.4, -0.2) is 22.0 Å². The Labute approximate surface area is 138 Å². The Morgan fingerprint density at radius 3 is 2.79 bits per heavy atom. The van der Waals surface area contributed by atoms with Gasteiger partial charge >= 0.3 is 0 Å². The van der Waals surface area contributed by atoms with Crippen molar-refractivity contribution in [2.45, 2.75) is 6.92 Å². The standard InChI is InChI=1S/C17H15N5O2/c1-11-4-2-3-5-13(11)20-17-21-16(9-18-22-17)19-12-6-7-14-15(8-12)24-10-23-14/h2-9H,10H2,1H3,(H2,19,20,21,22). The van der Waals surface area contributed by atoms with Gasteiger partial charge < -0.3 is 20.1 Å². The number of rotatable bonds is 4.